The molecule has 1 aromatic heterocycles. The molecule has 6 atom stereocenters. The topological polar surface area (TPSA) is 185 Å². The van der Waals surface area contributed by atoms with E-state index >= 15 is 0 Å². The number of phenolic OH excluding ortho intramolecular Hbond substituents is 2. The fourth-order valence-corrected chi connectivity index (χ4v) is 7.26. The van der Waals surface area contributed by atoms with Gasteiger partial charge in [0.05, 0.1) is 23.3 Å². The van der Waals surface area contributed by atoms with Crippen LogP contribution in [0.15, 0.2) is 63.6 Å². The van der Waals surface area contributed by atoms with Gasteiger partial charge in [-0.05, 0) is 87.5 Å². The summed E-state index contributed by atoms with van der Waals surface area (Å²) in [4.78, 5) is 58.8. The number of hydrogen-bond acceptors (Lipinski definition) is 11. The largest absolute Gasteiger partial charge is 0.507 e. The van der Waals surface area contributed by atoms with Gasteiger partial charge in [-0.2, -0.15) is 0 Å². The molecule has 2 aliphatic rings. The number of nitrogens with zero attached hydrogens (tertiary/aromatic N) is 1. The van der Waals surface area contributed by atoms with Crippen LogP contribution in [0.2, 0.25) is 0 Å². The number of nitrogens with one attached hydrogen (secondary N) is 1. The summed E-state index contributed by atoms with van der Waals surface area (Å²) in [7, 11) is 0. The predicted octanol–water partition coefficient (Wildman–Crippen LogP) is 8.26. The van der Waals surface area contributed by atoms with E-state index in [0.717, 1.165) is 5.56 Å². The first-order valence-electron chi connectivity index (χ1n) is 19.1. The number of aliphatic hydroxyl groups excluding tert-OH is 1. The third-order valence-corrected chi connectivity index (χ3v) is 10.5. The Labute approximate surface area is 325 Å². The van der Waals surface area contributed by atoms with Crippen LogP contribution >= 0.6 is 0 Å². The number of amides is 1. The fraction of sp³-hybridized carbons (Fsp3) is 0.432. The van der Waals surface area contributed by atoms with Gasteiger partial charge in [-0.1, -0.05) is 58.9 Å². The van der Waals surface area contributed by atoms with Crippen molar-refractivity contribution in [1.29, 1.82) is 0 Å². The SMILES string of the molecule is CC(=O)OC1C(O)C[C@@H](C)CC(C)/C=C/C=C(\C)C(=O)Nc2c(O)c3c(O)c(C)c(=O)c(c3c3nc4ccc(C(C)C)cc4oc23)C(=O)C(C)O/C=C/C[C@@H]1C. The van der Waals surface area contributed by atoms with E-state index in [9.17, 15) is 34.5 Å². The minimum Gasteiger partial charge on any atom is -0.507 e. The van der Waals surface area contributed by atoms with Gasteiger partial charge in [0, 0.05) is 23.4 Å². The first kappa shape index (κ1) is 41.7. The van der Waals surface area contributed by atoms with Crippen molar-refractivity contribution in [3.8, 4) is 11.5 Å². The Balaban J connectivity index is 1.75. The fourth-order valence-electron chi connectivity index (χ4n) is 7.26. The minimum atomic E-state index is -1.23. The van der Waals surface area contributed by atoms with E-state index in [1.54, 1.807) is 37.3 Å². The molecule has 56 heavy (non-hydrogen) atoms. The number of phenols is 2. The maximum absolute atomic E-state index is 14.3. The van der Waals surface area contributed by atoms with E-state index in [2.05, 4.69) is 5.32 Å². The van der Waals surface area contributed by atoms with Crippen LogP contribution in [0.1, 0.15) is 102 Å². The summed E-state index contributed by atoms with van der Waals surface area (Å²) in [6.45, 7) is 15.6. The predicted molar refractivity (Wildman–Crippen MR) is 216 cm³/mol. The van der Waals surface area contributed by atoms with Crippen LogP contribution in [-0.2, 0) is 19.1 Å². The van der Waals surface area contributed by atoms with Gasteiger partial charge in [-0.3, -0.25) is 19.2 Å². The lowest BCUT2D eigenvalue weighted by Crippen LogP contribution is -2.37. The smallest absolute Gasteiger partial charge is 0.303 e. The Morgan fingerprint density at radius 3 is 2.41 bits per heavy atom. The second-order valence-corrected chi connectivity index (χ2v) is 15.5. The van der Waals surface area contributed by atoms with E-state index < -0.39 is 52.9 Å². The van der Waals surface area contributed by atoms with E-state index in [1.807, 2.05) is 46.8 Å². The lowest BCUT2D eigenvalue weighted by atomic mass is 9.87. The Morgan fingerprint density at radius 2 is 1.73 bits per heavy atom. The summed E-state index contributed by atoms with van der Waals surface area (Å²) in [5.74, 6) is -3.14. The minimum absolute atomic E-state index is 0.0424. The van der Waals surface area contributed by atoms with Crippen molar-refractivity contribution in [2.45, 2.75) is 106 Å². The Hall–Kier alpha value is -5.49. The number of aromatic hydroxyl groups is 2. The van der Waals surface area contributed by atoms with Crippen molar-refractivity contribution < 1.29 is 43.6 Å². The number of aromatic nitrogens is 1. The molecule has 6 rings (SSSR count). The third-order valence-electron chi connectivity index (χ3n) is 10.5. The molecule has 0 saturated carbocycles. The molecule has 12 heteroatoms. The zero-order valence-electron chi connectivity index (χ0n) is 33.4. The number of ether oxygens (including phenoxy) is 2. The van der Waals surface area contributed by atoms with Gasteiger partial charge in [-0.25, -0.2) is 4.98 Å². The van der Waals surface area contributed by atoms with Gasteiger partial charge >= 0.3 is 5.97 Å². The van der Waals surface area contributed by atoms with Gasteiger partial charge in [0.25, 0.3) is 5.91 Å². The van der Waals surface area contributed by atoms with Crippen LogP contribution in [0.4, 0.5) is 5.69 Å². The number of carbonyl (C=O) groups excluding carboxylic acids is 3. The molecule has 3 heterocycles. The van der Waals surface area contributed by atoms with Crippen molar-refractivity contribution in [1.82, 2.24) is 4.98 Å². The highest BCUT2D eigenvalue weighted by Crippen LogP contribution is 2.47. The second kappa shape index (κ2) is 17.1. The number of Topliss-reactive ketones (excluding diaryl/α,β-unsaturated/α-hetero) is 1. The van der Waals surface area contributed by atoms with Crippen molar-refractivity contribution >= 4 is 56.3 Å². The average molecular weight is 769 g/mol. The number of carbonyl (C=O) groups is 3. The summed E-state index contributed by atoms with van der Waals surface area (Å²) in [6, 6.07) is 5.41. The number of benzene rings is 3. The number of ketones is 1. The van der Waals surface area contributed by atoms with Crippen molar-refractivity contribution in [3.63, 3.8) is 0 Å². The number of fused-ring (bicyclic) bond motifs is 16. The van der Waals surface area contributed by atoms with Crippen molar-refractivity contribution in [3.05, 3.63) is 81.3 Å². The van der Waals surface area contributed by atoms with Gasteiger partial charge in [-0.15, -0.1) is 0 Å². The second-order valence-electron chi connectivity index (χ2n) is 15.5. The zero-order chi connectivity index (χ0) is 41.2. The molecule has 1 amide bonds. The highest BCUT2D eigenvalue weighted by atomic mass is 16.6. The standard InChI is InChI=1S/C44H52N2O10/c1-21(2)29-15-16-30-32(20-29)56-43-36(45-30)33-34-38(49)26(7)39(50)35(33)41(52)37(43)46-44(53)25(6)13-10-12-22(3)18-23(4)19-31(48)42(55-28(9)47)24(5)14-11-17-54-27(8)40(34)51/h10-13,15-17,20-24,27,31,42,48,50,52H,14,18-19H2,1-9H3,(H,46,53)/b12-10+,17-11+,25-13+/t22?,23-,24-,27?,31?,42?/m0/s1. The van der Waals surface area contributed by atoms with E-state index in [0.29, 0.717) is 30.4 Å². The Kier molecular flexibility index (Phi) is 12.7. The van der Waals surface area contributed by atoms with Gasteiger partial charge in [0.1, 0.15) is 28.6 Å². The first-order valence-corrected chi connectivity index (χ1v) is 19.1. The molecule has 0 fully saturated rings. The maximum atomic E-state index is 14.3. The monoisotopic (exact) mass is 768 g/mol. The quantitative estimate of drug-likeness (QED) is 0.0666. The molecule has 4 N–H and O–H groups in total. The first-order chi connectivity index (χ1) is 26.4. The lowest BCUT2D eigenvalue weighted by Gasteiger charge is -2.29. The van der Waals surface area contributed by atoms with Crippen molar-refractivity contribution in [2.75, 3.05) is 5.32 Å². The summed E-state index contributed by atoms with van der Waals surface area (Å²) in [5.41, 5.74) is 0.175. The highest BCUT2D eigenvalue weighted by Gasteiger charge is 2.32. The van der Waals surface area contributed by atoms with Crippen molar-refractivity contribution in [2.24, 2.45) is 17.8 Å². The molecule has 0 aliphatic carbocycles. The normalized spacial score (nSPS) is 25.4. The third kappa shape index (κ3) is 8.65. The number of hydrogen-bond donors (Lipinski definition) is 4. The number of esters is 1. The van der Waals surface area contributed by atoms with E-state index in [4.69, 9.17) is 18.9 Å². The summed E-state index contributed by atoms with van der Waals surface area (Å²) in [6.07, 6.45) is 6.74. The Morgan fingerprint density at radius 1 is 1.02 bits per heavy atom. The molecule has 4 unspecified atom stereocenters. The van der Waals surface area contributed by atoms with Gasteiger partial charge in [0.2, 0.25) is 5.78 Å². The van der Waals surface area contributed by atoms with Crippen LogP contribution in [0.5, 0.6) is 11.5 Å². The molecule has 4 bridgehead atoms. The van der Waals surface area contributed by atoms with Crippen LogP contribution in [0, 0.1) is 24.7 Å². The lowest BCUT2D eigenvalue weighted by molar-refractivity contribution is -0.157. The molecular weight excluding hydrogens is 716 g/mol. The van der Waals surface area contributed by atoms with Crippen LogP contribution in [0.3, 0.4) is 0 Å². The molecule has 0 saturated heterocycles. The number of anilines is 1. The van der Waals surface area contributed by atoms with Gasteiger partial charge in [0.15, 0.2) is 28.4 Å². The molecule has 4 aromatic rings. The molecular formula is C44H52N2O10. The number of aliphatic hydroxyl groups is 1. The summed E-state index contributed by atoms with van der Waals surface area (Å²) in [5, 5.41) is 36.8. The molecule has 0 radical (unpaired) electrons. The maximum Gasteiger partial charge on any atom is 0.303 e. The average Bonchev–Trinajstić information content (AvgIpc) is 3.14. The molecule has 0 spiro atoms. The van der Waals surface area contributed by atoms with Crippen LogP contribution in [-0.4, -0.2) is 56.3 Å². The molecule has 12 nitrogen and oxygen atoms in total. The molecule has 2 aliphatic heterocycles. The zero-order valence-corrected chi connectivity index (χ0v) is 33.4. The number of rotatable bonds is 2. The number of allylic oxidation sites excluding steroid dienone is 4. The molecule has 298 valence electrons. The Bertz CT molecular complexity index is 2340. The molecule has 3 aromatic carbocycles. The van der Waals surface area contributed by atoms with E-state index in [-0.39, 0.29) is 67.9 Å². The van der Waals surface area contributed by atoms with E-state index in [1.165, 1.54) is 27.0 Å². The van der Waals surface area contributed by atoms with Crippen LogP contribution < -0.4 is 10.7 Å². The van der Waals surface area contributed by atoms with Gasteiger partial charge < -0.3 is 34.5 Å². The summed E-state index contributed by atoms with van der Waals surface area (Å²) >= 11 is 0. The highest BCUT2D eigenvalue weighted by molar-refractivity contribution is 6.25. The summed E-state index contributed by atoms with van der Waals surface area (Å²) < 4.78 is 17.8. The van der Waals surface area contributed by atoms with Crippen LogP contribution in [0.25, 0.3) is 33.0 Å².